The molecule has 3 rings (SSSR count). The van der Waals surface area contributed by atoms with E-state index < -0.39 is 12.1 Å². The summed E-state index contributed by atoms with van der Waals surface area (Å²) in [6.45, 7) is 1.88. The van der Waals surface area contributed by atoms with Crippen molar-refractivity contribution >= 4 is 21.9 Å². The maximum atomic E-state index is 10.7. The average Bonchev–Trinajstić information content (AvgIpc) is 3.13. The third-order valence-corrected chi connectivity index (χ3v) is 6.66. The number of benzene rings is 2. The van der Waals surface area contributed by atoms with Crippen LogP contribution in [-0.2, 0) is 24.1 Å². The van der Waals surface area contributed by atoms with E-state index in [1.807, 2.05) is 18.2 Å². The first kappa shape index (κ1) is 23.8. The lowest BCUT2D eigenvalue weighted by Gasteiger charge is -2.32. The highest BCUT2D eigenvalue weighted by Gasteiger charge is 2.26. The predicted molar refractivity (Wildman–Crippen MR) is 125 cm³/mol. The van der Waals surface area contributed by atoms with Crippen molar-refractivity contribution in [1.29, 1.82) is 0 Å². The number of aliphatic hydroxyl groups is 1. The molecule has 0 aliphatic heterocycles. The number of aliphatic hydroxyl groups excluding tert-OH is 1. The van der Waals surface area contributed by atoms with Crippen molar-refractivity contribution in [3.05, 3.63) is 63.6 Å². The Bertz CT molecular complexity index is 874. The Hall–Kier alpha value is -1.89. The van der Waals surface area contributed by atoms with Crippen molar-refractivity contribution in [2.24, 2.45) is 5.92 Å². The summed E-state index contributed by atoms with van der Waals surface area (Å²) in [6, 6.07) is 14.3. The van der Waals surface area contributed by atoms with Crippen molar-refractivity contribution in [3.63, 3.8) is 0 Å². The van der Waals surface area contributed by atoms with Gasteiger partial charge >= 0.3 is 5.97 Å². The minimum atomic E-state index is -0.808. The minimum absolute atomic E-state index is 0.102. The maximum Gasteiger partial charge on any atom is 0.303 e. The molecule has 2 aromatic rings. The van der Waals surface area contributed by atoms with Crippen molar-refractivity contribution < 1.29 is 24.2 Å². The molecule has 0 saturated carbocycles. The van der Waals surface area contributed by atoms with Gasteiger partial charge in [0.2, 0.25) is 0 Å². The van der Waals surface area contributed by atoms with Crippen LogP contribution >= 0.6 is 15.9 Å². The summed E-state index contributed by atoms with van der Waals surface area (Å²) in [7, 11) is 4.33. The van der Waals surface area contributed by atoms with E-state index in [0.29, 0.717) is 24.6 Å². The average molecular weight is 491 g/mol. The Kier molecular flexibility index (Phi) is 8.14. The second kappa shape index (κ2) is 10.6. The van der Waals surface area contributed by atoms with E-state index >= 15 is 0 Å². The molecule has 6 heteroatoms. The van der Waals surface area contributed by atoms with E-state index in [1.54, 1.807) is 0 Å². The number of carbonyl (C=O) groups is 1. The lowest BCUT2D eigenvalue weighted by atomic mass is 10.0. The number of halogens is 1. The second-order valence-corrected chi connectivity index (χ2v) is 10.2. The Morgan fingerprint density at radius 3 is 2.48 bits per heavy atom. The number of nitrogens with zero attached hydrogens (tertiary/aromatic N) is 1. The van der Waals surface area contributed by atoms with Gasteiger partial charge in [-0.05, 0) is 69.9 Å². The lowest BCUT2D eigenvalue weighted by Crippen LogP contribution is -2.48. The Labute approximate surface area is 193 Å². The quantitative estimate of drug-likeness (QED) is 0.465. The van der Waals surface area contributed by atoms with Gasteiger partial charge in [0.25, 0.3) is 0 Å². The highest BCUT2D eigenvalue weighted by molar-refractivity contribution is 9.10. The molecule has 168 valence electrons. The normalized spacial score (nSPS) is 15.0. The number of hydrogen-bond donors (Lipinski definition) is 2. The number of quaternary nitrogens is 1. The molecule has 0 amide bonds. The Morgan fingerprint density at radius 1 is 1.19 bits per heavy atom. The zero-order valence-corrected chi connectivity index (χ0v) is 20.0. The van der Waals surface area contributed by atoms with Gasteiger partial charge in [0.1, 0.15) is 25.0 Å². The van der Waals surface area contributed by atoms with Crippen LogP contribution in [0.4, 0.5) is 0 Å². The van der Waals surface area contributed by atoms with Crippen LogP contribution in [-0.4, -0.2) is 60.6 Å². The minimum Gasteiger partial charge on any atom is -0.489 e. The lowest BCUT2D eigenvalue weighted by molar-refractivity contribution is -0.894. The molecule has 0 radical (unpaired) electrons. The van der Waals surface area contributed by atoms with E-state index in [0.717, 1.165) is 27.5 Å². The summed E-state index contributed by atoms with van der Waals surface area (Å²) in [5, 5.41) is 19.4. The molecule has 1 atom stereocenters. The zero-order chi connectivity index (χ0) is 22.4. The molecule has 1 aliphatic carbocycles. The molecular formula is C25H33BrNO4+. The number of hydrogen-bond acceptors (Lipinski definition) is 3. The summed E-state index contributed by atoms with van der Waals surface area (Å²) < 4.78 is 7.35. The van der Waals surface area contributed by atoms with E-state index in [9.17, 15) is 9.90 Å². The van der Waals surface area contributed by atoms with Crippen molar-refractivity contribution in [1.82, 2.24) is 0 Å². The van der Waals surface area contributed by atoms with Crippen LogP contribution in [0.2, 0.25) is 0 Å². The van der Waals surface area contributed by atoms with Gasteiger partial charge in [0.05, 0.1) is 25.1 Å². The van der Waals surface area contributed by atoms with Crippen LogP contribution in [0.15, 0.2) is 46.9 Å². The molecule has 0 spiro atoms. The summed E-state index contributed by atoms with van der Waals surface area (Å²) in [6.07, 6.45) is 3.50. The smallest absolute Gasteiger partial charge is 0.303 e. The van der Waals surface area contributed by atoms with Crippen LogP contribution in [0.3, 0.4) is 0 Å². The van der Waals surface area contributed by atoms with Crippen LogP contribution in [0.1, 0.15) is 29.5 Å². The van der Waals surface area contributed by atoms with Gasteiger partial charge in [-0.3, -0.25) is 4.79 Å². The fourth-order valence-corrected chi connectivity index (χ4v) is 4.90. The van der Waals surface area contributed by atoms with E-state index in [4.69, 9.17) is 9.84 Å². The number of aryl methyl sites for hydroxylation is 1. The van der Waals surface area contributed by atoms with Gasteiger partial charge < -0.3 is 19.4 Å². The topological polar surface area (TPSA) is 66.8 Å². The number of rotatable bonds is 11. The molecule has 0 bridgehead atoms. The molecule has 0 fully saturated rings. The molecule has 0 saturated heterocycles. The van der Waals surface area contributed by atoms with Gasteiger partial charge in [-0.1, -0.05) is 30.3 Å². The molecule has 1 aliphatic rings. The predicted octanol–water partition coefficient (Wildman–Crippen LogP) is 4.09. The zero-order valence-electron chi connectivity index (χ0n) is 18.4. The van der Waals surface area contributed by atoms with Crippen molar-refractivity contribution in [2.75, 3.05) is 33.8 Å². The van der Waals surface area contributed by atoms with Gasteiger partial charge in [-0.2, -0.15) is 0 Å². The first-order chi connectivity index (χ1) is 14.7. The monoisotopic (exact) mass is 490 g/mol. The van der Waals surface area contributed by atoms with Crippen LogP contribution in [0.25, 0.3) is 0 Å². The highest BCUT2D eigenvalue weighted by atomic mass is 79.9. The van der Waals surface area contributed by atoms with Gasteiger partial charge in [-0.25, -0.2) is 0 Å². The van der Waals surface area contributed by atoms with Crippen LogP contribution in [0.5, 0.6) is 5.75 Å². The van der Waals surface area contributed by atoms with Gasteiger partial charge in [0.15, 0.2) is 0 Å². The number of carboxylic acids is 1. The largest absolute Gasteiger partial charge is 0.489 e. The third-order valence-electron chi connectivity index (χ3n) is 6.04. The van der Waals surface area contributed by atoms with E-state index in [2.05, 4.69) is 54.3 Å². The standard InChI is InChI=1S/C25H32BrNO4/c1-27(2,12-11-19-13-20-5-3-4-6-21(20)14-19)16-22(28)17-31-24-9-7-18(15-23(24)26)8-10-25(29)30/h3-7,9,15,19,22,28H,8,10-14,16-17H2,1-2H3/p+1/t22-/m1/s1. The first-order valence-corrected chi connectivity index (χ1v) is 11.7. The molecule has 0 aromatic heterocycles. The molecule has 5 nitrogen and oxygen atoms in total. The second-order valence-electron chi connectivity index (χ2n) is 9.30. The summed E-state index contributed by atoms with van der Waals surface area (Å²) in [5.41, 5.74) is 3.92. The number of likely N-dealkylation sites (N-methyl/N-ethyl adjacent to an activating group) is 1. The summed E-state index contributed by atoms with van der Waals surface area (Å²) in [5.74, 6) is 0.545. The van der Waals surface area contributed by atoms with Gasteiger partial charge in [-0.15, -0.1) is 0 Å². The highest BCUT2D eigenvalue weighted by Crippen LogP contribution is 2.29. The van der Waals surface area contributed by atoms with Gasteiger partial charge in [0, 0.05) is 12.8 Å². The van der Waals surface area contributed by atoms with Crippen LogP contribution in [0, 0.1) is 5.92 Å². The Balaban J connectivity index is 1.42. The van der Waals surface area contributed by atoms with E-state index in [-0.39, 0.29) is 13.0 Å². The first-order valence-electron chi connectivity index (χ1n) is 10.9. The SMILES string of the molecule is C[N+](C)(CCC1Cc2ccccc2C1)C[C@@H](O)COc1ccc(CCC(=O)O)cc1Br. The molecule has 0 unspecified atom stereocenters. The fraction of sp³-hybridized carbons (Fsp3) is 0.480. The maximum absolute atomic E-state index is 10.7. The summed E-state index contributed by atoms with van der Waals surface area (Å²) >= 11 is 3.48. The van der Waals surface area contributed by atoms with Crippen molar-refractivity contribution in [3.8, 4) is 5.75 Å². The molecule has 2 N–H and O–H groups in total. The molecule has 0 heterocycles. The third kappa shape index (κ3) is 7.34. The van der Waals surface area contributed by atoms with Crippen molar-refractivity contribution in [2.45, 2.75) is 38.2 Å². The molecule has 31 heavy (non-hydrogen) atoms. The number of fused-ring (bicyclic) bond motifs is 1. The summed E-state index contributed by atoms with van der Waals surface area (Å²) in [4.78, 5) is 10.7. The van der Waals surface area contributed by atoms with Crippen LogP contribution < -0.4 is 4.74 Å². The number of ether oxygens (including phenoxy) is 1. The molecular weight excluding hydrogens is 458 g/mol. The fourth-order valence-electron chi connectivity index (χ4n) is 4.35. The Morgan fingerprint density at radius 2 is 1.87 bits per heavy atom. The molecule has 2 aromatic carbocycles. The number of aliphatic carboxylic acids is 1. The number of carboxylic acid groups (broad SMARTS) is 1. The van der Waals surface area contributed by atoms with E-state index in [1.165, 1.54) is 24.0 Å².